The van der Waals surface area contributed by atoms with E-state index in [9.17, 15) is 9.90 Å². The molecule has 0 aliphatic heterocycles. The van der Waals surface area contributed by atoms with Crippen molar-refractivity contribution >= 4 is 5.97 Å². The van der Waals surface area contributed by atoms with E-state index >= 15 is 0 Å². The van der Waals surface area contributed by atoms with Gasteiger partial charge >= 0.3 is 5.97 Å². The van der Waals surface area contributed by atoms with E-state index in [-0.39, 0.29) is 10.8 Å². The molecule has 0 bridgehead atoms. The molecule has 2 rings (SSSR count). The molecule has 0 fully saturated rings. The molecule has 2 nitrogen and oxygen atoms in total. The smallest absolute Gasteiger partial charge is 0.314 e. The zero-order valence-corrected chi connectivity index (χ0v) is 16.3. The molecule has 1 aliphatic rings. The van der Waals surface area contributed by atoms with Crippen LogP contribution in [0.1, 0.15) is 96.8 Å². The zero-order chi connectivity index (χ0) is 18.2. The summed E-state index contributed by atoms with van der Waals surface area (Å²) < 4.78 is 0. The van der Waals surface area contributed by atoms with Crippen LogP contribution in [-0.2, 0) is 21.0 Å². The monoisotopic (exact) mass is 330 g/mol. The van der Waals surface area contributed by atoms with Crippen molar-refractivity contribution in [3.05, 3.63) is 34.9 Å². The van der Waals surface area contributed by atoms with Gasteiger partial charge in [-0.3, -0.25) is 4.79 Å². The lowest BCUT2D eigenvalue weighted by molar-refractivity contribution is -0.144. The van der Waals surface area contributed by atoms with E-state index in [1.807, 2.05) is 0 Å². The summed E-state index contributed by atoms with van der Waals surface area (Å²) in [5, 5.41) is 10.1. The molecular formula is C22H34O2. The highest BCUT2D eigenvalue weighted by molar-refractivity contribution is 5.81. The summed E-state index contributed by atoms with van der Waals surface area (Å²) >= 11 is 0. The highest BCUT2D eigenvalue weighted by Crippen LogP contribution is 2.47. The molecule has 1 N–H and O–H groups in total. The number of aliphatic carboxylic acids is 1. The van der Waals surface area contributed by atoms with Gasteiger partial charge in [-0.15, -0.1) is 0 Å². The van der Waals surface area contributed by atoms with Gasteiger partial charge in [-0.05, 0) is 53.2 Å². The van der Waals surface area contributed by atoms with E-state index in [0.29, 0.717) is 12.8 Å². The SMILES string of the molecule is CCCC(CCC)(C(=O)O)c1ccc2c(c1)C(C)(C)CCC2(C)C. The van der Waals surface area contributed by atoms with Crippen LogP contribution in [0.25, 0.3) is 0 Å². The van der Waals surface area contributed by atoms with E-state index in [1.54, 1.807) is 0 Å². The molecule has 0 unspecified atom stereocenters. The maximum absolute atomic E-state index is 12.3. The number of hydrogen-bond acceptors (Lipinski definition) is 1. The Morgan fingerprint density at radius 1 is 1.00 bits per heavy atom. The fourth-order valence-electron chi connectivity index (χ4n) is 4.49. The Hall–Kier alpha value is -1.31. The second-order valence-corrected chi connectivity index (χ2v) is 8.92. The maximum Gasteiger partial charge on any atom is 0.314 e. The number of benzene rings is 1. The molecule has 0 radical (unpaired) electrons. The van der Waals surface area contributed by atoms with E-state index < -0.39 is 11.4 Å². The van der Waals surface area contributed by atoms with Gasteiger partial charge in [0.25, 0.3) is 0 Å². The molecule has 0 amide bonds. The number of carbonyl (C=O) groups is 1. The fraction of sp³-hybridized carbons (Fsp3) is 0.682. The van der Waals surface area contributed by atoms with Crippen LogP contribution in [0.4, 0.5) is 0 Å². The van der Waals surface area contributed by atoms with Gasteiger partial charge in [-0.25, -0.2) is 0 Å². The minimum absolute atomic E-state index is 0.115. The largest absolute Gasteiger partial charge is 0.481 e. The van der Waals surface area contributed by atoms with Gasteiger partial charge in [0.05, 0.1) is 5.41 Å². The molecule has 0 atom stereocenters. The third-order valence-corrected chi connectivity index (χ3v) is 6.17. The highest BCUT2D eigenvalue weighted by atomic mass is 16.4. The second-order valence-electron chi connectivity index (χ2n) is 8.92. The molecule has 0 spiro atoms. The van der Waals surface area contributed by atoms with Crippen LogP contribution in [-0.4, -0.2) is 11.1 Å². The topological polar surface area (TPSA) is 37.3 Å². The first kappa shape index (κ1) is 19.0. The van der Waals surface area contributed by atoms with Crippen molar-refractivity contribution in [2.75, 3.05) is 0 Å². The van der Waals surface area contributed by atoms with Crippen molar-refractivity contribution in [3.8, 4) is 0 Å². The van der Waals surface area contributed by atoms with Crippen molar-refractivity contribution in [2.45, 2.75) is 96.3 Å². The van der Waals surface area contributed by atoms with Crippen molar-refractivity contribution in [3.63, 3.8) is 0 Å². The van der Waals surface area contributed by atoms with Crippen LogP contribution in [0.2, 0.25) is 0 Å². The molecule has 0 aromatic heterocycles. The summed E-state index contributed by atoms with van der Waals surface area (Å²) in [5.74, 6) is -0.668. The average molecular weight is 331 g/mol. The minimum atomic E-state index is -0.740. The Morgan fingerprint density at radius 2 is 1.50 bits per heavy atom. The quantitative estimate of drug-likeness (QED) is 0.699. The number of fused-ring (bicyclic) bond motifs is 1. The van der Waals surface area contributed by atoms with E-state index in [2.05, 4.69) is 59.7 Å². The Kier molecular flexibility index (Phi) is 5.18. The van der Waals surface area contributed by atoms with Crippen molar-refractivity contribution in [1.29, 1.82) is 0 Å². The Labute approximate surface area is 147 Å². The Balaban J connectivity index is 2.65. The summed E-state index contributed by atoms with van der Waals surface area (Å²) in [6, 6.07) is 6.55. The van der Waals surface area contributed by atoms with Gasteiger partial charge in [0.1, 0.15) is 0 Å². The van der Waals surface area contributed by atoms with Crippen molar-refractivity contribution < 1.29 is 9.90 Å². The van der Waals surface area contributed by atoms with Gasteiger partial charge < -0.3 is 5.11 Å². The Bertz CT molecular complexity index is 604. The molecule has 1 aliphatic carbocycles. The first-order chi connectivity index (χ1) is 11.1. The van der Waals surface area contributed by atoms with E-state index in [1.165, 1.54) is 17.5 Å². The summed E-state index contributed by atoms with van der Waals surface area (Å²) in [4.78, 5) is 12.3. The van der Waals surface area contributed by atoms with Gasteiger partial charge in [0, 0.05) is 0 Å². The first-order valence-electron chi connectivity index (χ1n) is 9.49. The van der Waals surface area contributed by atoms with E-state index in [0.717, 1.165) is 24.8 Å². The standard InChI is InChI=1S/C22H34O2/c1-7-11-22(12-8-2,19(23)24)16-9-10-17-18(15-16)21(5,6)14-13-20(17,3)4/h9-10,15H,7-8,11-14H2,1-6H3,(H,23,24). The molecular weight excluding hydrogens is 296 g/mol. The summed E-state index contributed by atoms with van der Waals surface area (Å²) in [6.45, 7) is 13.4. The summed E-state index contributed by atoms with van der Waals surface area (Å²) in [7, 11) is 0. The molecule has 134 valence electrons. The molecule has 1 aromatic rings. The summed E-state index contributed by atoms with van der Waals surface area (Å²) in [5.41, 5.74) is 3.30. The second kappa shape index (κ2) is 6.54. The normalized spacial score (nSPS) is 18.9. The lowest BCUT2D eigenvalue weighted by Crippen LogP contribution is -2.38. The predicted molar refractivity (Wildman–Crippen MR) is 101 cm³/mol. The molecule has 1 aromatic carbocycles. The lowest BCUT2D eigenvalue weighted by atomic mass is 9.61. The number of rotatable bonds is 6. The van der Waals surface area contributed by atoms with E-state index in [4.69, 9.17) is 0 Å². The predicted octanol–water partition coefficient (Wildman–Crippen LogP) is 5.96. The van der Waals surface area contributed by atoms with Crippen LogP contribution in [0.5, 0.6) is 0 Å². The molecule has 0 heterocycles. The maximum atomic E-state index is 12.3. The third kappa shape index (κ3) is 3.12. The number of carboxylic acids is 1. The van der Waals surface area contributed by atoms with Crippen molar-refractivity contribution in [2.24, 2.45) is 0 Å². The van der Waals surface area contributed by atoms with Gasteiger partial charge in [-0.2, -0.15) is 0 Å². The fourth-order valence-corrected chi connectivity index (χ4v) is 4.49. The molecule has 24 heavy (non-hydrogen) atoms. The zero-order valence-electron chi connectivity index (χ0n) is 16.3. The van der Waals surface area contributed by atoms with Crippen molar-refractivity contribution in [1.82, 2.24) is 0 Å². The first-order valence-corrected chi connectivity index (χ1v) is 9.49. The number of carboxylic acid groups (broad SMARTS) is 1. The van der Waals surface area contributed by atoms with Gasteiger partial charge in [0.15, 0.2) is 0 Å². The lowest BCUT2D eigenvalue weighted by Gasteiger charge is -2.43. The highest BCUT2D eigenvalue weighted by Gasteiger charge is 2.42. The van der Waals surface area contributed by atoms with Crippen LogP contribution in [0, 0.1) is 0 Å². The van der Waals surface area contributed by atoms with Crippen LogP contribution in [0.3, 0.4) is 0 Å². The molecule has 2 heteroatoms. The summed E-state index contributed by atoms with van der Waals surface area (Å²) in [6.07, 6.45) is 5.52. The van der Waals surface area contributed by atoms with Gasteiger partial charge in [-0.1, -0.05) is 72.6 Å². The van der Waals surface area contributed by atoms with Crippen LogP contribution < -0.4 is 0 Å². The average Bonchev–Trinajstić information content (AvgIpc) is 2.51. The Morgan fingerprint density at radius 3 is 1.96 bits per heavy atom. The molecule has 0 saturated heterocycles. The third-order valence-electron chi connectivity index (χ3n) is 6.17. The minimum Gasteiger partial charge on any atom is -0.481 e. The number of hydrogen-bond donors (Lipinski definition) is 1. The molecule has 0 saturated carbocycles. The van der Waals surface area contributed by atoms with Gasteiger partial charge in [0.2, 0.25) is 0 Å². The van der Waals surface area contributed by atoms with Crippen LogP contribution in [0.15, 0.2) is 18.2 Å². The van der Waals surface area contributed by atoms with Crippen LogP contribution >= 0.6 is 0 Å².